The van der Waals surface area contributed by atoms with E-state index in [-0.39, 0.29) is 17.7 Å². The van der Waals surface area contributed by atoms with E-state index in [9.17, 15) is 9.18 Å². The van der Waals surface area contributed by atoms with Gasteiger partial charge in [0, 0.05) is 18.5 Å². The zero-order valence-corrected chi connectivity index (χ0v) is 10.2. The first kappa shape index (κ1) is 13.6. The van der Waals surface area contributed by atoms with E-state index in [0.717, 1.165) is 0 Å². The van der Waals surface area contributed by atoms with Crippen molar-refractivity contribution in [2.45, 2.75) is 25.7 Å². The maximum absolute atomic E-state index is 13.6. The Morgan fingerprint density at radius 2 is 2.06 bits per heavy atom. The first-order valence-electron chi connectivity index (χ1n) is 5.61. The van der Waals surface area contributed by atoms with Crippen LogP contribution >= 0.6 is 0 Å². The molecule has 2 N–H and O–H groups in total. The molecule has 0 aliphatic heterocycles. The first-order valence-corrected chi connectivity index (χ1v) is 5.61. The highest BCUT2D eigenvalue weighted by Crippen LogP contribution is 2.24. The number of halogens is 1. The number of hydrogen-bond acceptors (Lipinski definition) is 2. The third-order valence-electron chi connectivity index (χ3n) is 2.69. The Labute approximate surface area is 101 Å². The quantitative estimate of drug-likeness (QED) is 0.748. The fourth-order valence-electron chi connectivity index (χ4n) is 1.70. The van der Waals surface area contributed by atoms with Gasteiger partial charge >= 0.3 is 5.97 Å². The smallest absolute Gasteiger partial charge is 0.304 e. The van der Waals surface area contributed by atoms with Gasteiger partial charge in [-0.25, -0.2) is 4.39 Å². The van der Waals surface area contributed by atoms with Crippen LogP contribution in [-0.4, -0.2) is 24.2 Å². The van der Waals surface area contributed by atoms with Crippen LogP contribution in [0.3, 0.4) is 0 Å². The molecule has 0 aromatic heterocycles. The molecule has 94 valence electrons. The summed E-state index contributed by atoms with van der Waals surface area (Å²) in [5.74, 6) is -1.06. The summed E-state index contributed by atoms with van der Waals surface area (Å²) in [6.45, 7) is 4.80. The van der Waals surface area contributed by atoms with Crippen molar-refractivity contribution in [3.8, 4) is 0 Å². The Bertz CT molecular complexity index is 391. The second-order valence-corrected chi connectivity index (χ2v) is 4.68. The van der Waals surface area contributed by atoms with Gasteiger partial charge in [-0.3, -0.25) is 4.79 Å². The summed E-state index contributed by atoms with van der Waals surface area (Å²) >= 11 is 0. The first-order chi connectivity index (χ1) is 7.93. The van der Waals surface area contributed by atoms with E-state index < -0.39 is 5.97 Å². The van der Waals surface area contributed by atoms with Crippen LogP contribution in [0.5, 0.6) is 0 Å². The van der Waals surface area contributed by atoms with Crippen LogP contribution in [0.25, 0.3) is 0 Å². The number of carboxylic acid groups (broad SMARTS) is 1. The van der Waals surface area contributed by atoms with Crippen molar-refractivity contribution >= 4 is 5.97 Å². The number of carboxylic acids is 1. The molecule has 0 aliphatic carbocycles. The van der Waals surface area contributed by atoms with Crippen LogP contribution in [0.4, 0.5) is 4.39 Å². The normalized spacial score (nSPS) is 11.5. The van der Waals surface area contributed by atoms with E-state index in [1.54, 1.807) is 18.2 Å². The molecule has 1 rings (SSSR count). The van der Waals surface area contributed by atoms with Crippen molar-refractivity contribution in [1.82, 2.24) is 5.32 Å². The van der Waals surface area contributed by atoms with E-state index in [4.69, 9.17) is 5.11 Å². The van der Waals surface area contributed by atoms with Crippen molar-refractivity contribution in [2.24, 2.45) is 0 Å². The summed E-state index contributed by atoms with van der Waals surface area (Å²) in [5, 5.41) is 11.5. The summed E-state index contributed by atoms with van der Waals surface area (Å²) in [6, 6.07) is 6.66. The van der Waals surface area contributed by atoms with Gasteiger partial charge in [0.25, 0.3) is 0 Å². The number of hydrogen-bond donors (Lipinski definition) is 2. The van der Waals surface area contributed by atoms with Gasteiger partial charge in [0.1, 0.15) is 5.82 Å². The largest absolute Gasteiger partial charge is 0.481 e. The van der Waals surface area contributed by atoms with Crippen LogP contribution in [0.2, 0.25) is 0 Å². The number of carbonyl (C=O) groups is 1. The number of aliphatic carboxylic acids is 1. The van der Waals surface area contributed by atoms with Crippen molar-refractivity contribution in [3.05, 3.63) is 35.6 Å². The fraction of sp³-hybridized carbons (Fsp3) is 0.462. The van der Waals surface area contributed by atoms with Crippen LogP contribution in [0.15, 0.2) is 24.3 Å². The lowest BCUT2D eigenvalue weighted by atomic mass is 9.84. The van der Waals surface area contributed by atoms with Gasteiger partial charge in [-0.05, 0) is 11.6 Å². The lowest BCUT2D eigenvalue weighted by Gasteiger charge is -2.26. The van der Waals surface area contributed by atoms with Gasteiger partial charge in [-0.2, -0.15) is 0 Å². The molecule has 0 amide bonds. The van der Waals surface area contributed by atoms with E-state index in [0.29, 0.717) is 18.7 Å². The zero-order valence-electron chi connectivity index (χ0n) is 10.2. The number of rotatable bonds is 6. The zero-order chi connectivity index (χ0) is 12.9. The van der Waals surface area contributed by atoms with Crippen molar-refractivity contribution in [2.75, 3.05) is 13.1 Å². The van der Waals surface area contributed by atoms with Crippen LogP contribution < -0.4 is 5.32 Å². The van der Waals surface area contributed by atoms with Crippen LogP contribution in [0.1, 0.15) is 25.8 Å². The predicted octanol–water partition coefficient (Wildman–Crippen LogP) is 2.17. The minimum atomic E-state index is -0.832. The van der Waals surface area contributed by atoms with Gasteiger partial charge < -0.3 is 10.4 Å². The Morgan fingerprint density at radius 3 is 2.65 bits per heavy atom. The van der Waals surface area contributed by atoms with E-state index in [2.05, 4.69) is 5.32 Å². The molecule has 1 aromatic carbocycles. The highest BCUT2D eigenvalue weighted by atomic mass is 19.1. The predicted molar refractivity (Wildman–Crippen MR) is 64.5 cm³/mol. The van der Waals surface area contributed by atoms with Gasteiger partial charge in [-0.1, -0.05) is 32.0 Å². The molecule has 1 aromatic rings. The lowest BCUT2D eigenvalue weighted by Crippen LogP contribution is -2.34. The molecular weight excluding hydrogens is 221 g/mol. The lowest BCUT2D eigenvalue weighted by molar-refractivity contribution is -0.136. The van der Waals surface area contributed by atoms with Gasteiger partial charge in [0.15, 0.2) is 0 Å². The second kappa shape index (κ2) is 5.77. The summed E-state index contributed by atoms with van der Waals surface area (Å²) in [4.78, 5) is 10.3. The molecule has 4 heteroatoms. The summed E-state index contributed by atoms with van der Waals surface area (Å²) in [7, 11) is 0. The van der Waals surface area contributed by atoms with Crippen LogP contribution in [0, 0.1) is 5.82 Å². The standard InChI is InChI=1S/C13H18FNO2/c1-13(2,9-15-8-7-12(16)17)10-5-3-4-6-11(10)14/h3-6,15H,7-9H2,1-2H3,(H,16,17). The SMILES string of the molecule is CC(C)(CNCCC(=O)O)c1ccccc1F. The van der Waals surface area contributed by atoms with E-state index in [1.807, 2.05) is 13.8 Å². The fourth-order valence-corrected chi connectivity index (χ4v) is 1.70. The molecule has 0 bridgehead atoms. The molecule has 0 atom stereocenters. The molecular formula is C13H18FNO2. The molecule has 0 saturated carbocycles. The summed E-state index contributed by atoms with van der Waals surface area (Å²) in [5.41, 5.74) is 0.284. The topological polar surface area (TPSA) is 49.3 Å². The molecule has 0 spiro atoms. The third kappa shape index (κ3) is 4.15. The molecule has 3 nitrogen and oxygen atoms in total. The summed E-state index contributed by atoms with van der Waals surface area (Å²) < 4.78 is 13.6. The van der Waals surface area contributed by atoms with Crippen molar-refractivity contribution in [1.29, 1.82) is 0 Å². The third-order valence-corrected chi connectivity index (χ3v) is 2.69. The second-order valence-electron chi connectivity index (χ2n) is 4.68. The van der Waals surface area contributed by atoms with Gasteiger partial charge in [0.2, 0.25) is 0 Å². The van der Waals surface area contributed by atoms with E-state index >= 15 is 0 Å². The maximum Gasteiger partial charge on any atom is 0.304 e. The van der Waals surface area contributed by atoms with Gasteiger partial charge in [-0.15, -0.1) is 0 Å². The number of benzene rings is 1. The average Bonchev–Trinajstić information content (AvgIpc) is 2.24. The Hall–Kier alpha value is -1.42. The highest BCUT2D eigenvalue weighted by molar-refractivity contribution is 5.66. The molecule has 0 aliphatic rings. The minimum Gasteiger partial charge on any atom is -0.481 e. The molecule has 0 fully saturated rings. The van der Waals surface area contributed by atoms with Crippen molar-refractivity contribution in [3.63, 3.8) is 0 Å². The Kier molecular flexibility index (Phi) is 4.63. The molecule has 0 radical (unpaired) electrons. The number of nitrogens with one attached hydrogen (secondary N) is 1. The minimum absolute atomic E-state index is 0.0767. The Balaban J connectivity index is 2.57. The Morgan fingerprint density at radius 1 is 1.41 bits per heavy atom. The van der Waals surface area contributed by atoms with Crippen LogP contribution in [-0.2, 0) is 10.2 Å². The molecule has 17 heavy (non-hydrogen) atoms. The van der Waals surface area contributed by atoms with Crippen molar-refractivity contribution < 1.29 is 14.3 Å². The summed E-state index contributed by atoms with van der Waals surface area (Å²) in [6.07, 6.45) is 0.0767. The van der Waals surface area contributed by atoms with Gasteiger partial charge in [0.05, 0.1) is 6.42 Å². The monoisotopic (exact) mass is 239 g/mol. The molecule has 0 saturated heterocycles. The molecule has 0 unspecified atom stereocenters. The maximum atomic E-state index is 13.6. The highest BCUT2D eigenvalue weighted by Gasteiger charge is 2.23. The molecule has 0 heterocycles. The average molecular weight is 239 g/mol. The van der Waals surface area contributed by atoms with E-state index in [1.165, 1.54) is 6.07 Å².